The Morgan fingerprint density at radius 3 is 2.74 bits per heavy atom. The molecule has 0 aliphatic carbocycles. The van der Waals surface area contributed by atoms with E-state index < -0.39 is 17.8 Å². The van der Waals surface area contributed by atoms with Crippen molar-refractivity contribution in [3.8, 4) is 5.75 Å². The molecule has 1 aromatic carbocycles. The summed E-state index contributed by atoms with van der Waals surface area (Å²) in [4.78, 5) is 11.1. The van der Waals surface area contributed by atoms with E-state index in [0.29, 0.717) is 6.54 Å². The summed E-state index contributed by atoms with van der Waals surface area (Å²) in [5, 5.41) is 12.0. The van der Waals surface area contributed by atoms with Gasteiger partial charge in [0.05, 0.1) is 0 Å². The van der Waals surface area contributed by atoms with Crippen LogP contribution in [-0.4, -0.2) is 30.3 Å². The fourth-order valence-electron chi connectivity index (χ4n) is 1.70. The number of hydrogen-bond acceptors (Lipinski definition) is 3. The van der Waals surface area contributed by atoms with Gasteiger partial charge < -0.3 is 15.2 Å². The molecule has 1 aromatic rings. The molecule has 1 rings (SSSR count). The summed E-state index contributed by atoms with van der Waals surface area (Å²) in [6.07, 6.45) is 0.776. The van der Waals surface area contributed by atoms with Crippen LogP contribution in [0.5, 0.6) is 5.75 Å². The average molecular weight is 269 g/mol. The van der Waals surface area contributed by atoms with Crippen molar-refractivity contribution in [2.75, 3.05) is 13.2 Å². The van der Waals surface area contributed by atoms with Gasteiger partial charge in [-0.1, -0.05) is 32.4 Å². The fraction of sp³-hybridized carbons (Fsp3) is 0.500. The van der Waals surface area contributed by atoms with Crippen LogP contribution in [0.15, 0.2) is 24.3 Å². The van der Waals surface area contributed by atoms with Gasteiger partial charge in [-0.05, 0) is 18.1 Å². The zero-order chi connectivity index (χ0) is 14.3. The summed E-state index contributed by atoms with van der Waals surface area (Å²) >= 11 is 0. The summed E-state index contributed by atoms with van der Waals surface area (Å²) in [5.41, 5.74) is 0. The predicted molar refractivity (Wildman–Crippen MR) is 70.8 cm³/mol. The molecule has 0 aliphatic heterocycles. The van der Waals surface area contributed by atoms with Crippen LogP contribution < -0.4 is 10.1 Å². The lowest BCUT2D eigenvalue weighted by molar-refractivity contribution is -0.140. The second kappa shape index (κ2) is 7.74. The molecular weight excluding hydrogens is 249 g/mol. The van der Waals surface area contributed by atoms with Crippen LogP contribution in [0.25, 0.3) is 0 Å². The molecule has 0 radical (unpaired) electrons. The number of carboxylic acid groups (broad SMARTS) is 1. The zero-order valence-electron chi connectivity index (χ0n) is 11.2. The van der Waals surface area contributed by atoms with Gasteiger partial charge in [0.25, 0.3) is 0 Å². The second-order valence-corrected chi connectivity index (χ2v) is 4.43. The first kappa shape index (κ1) is 15.4. The van der Waals surface area contributed by atoms with E-state index in [9.17, 15) is 9.18 Å². The van der Waals surface area contributed by atoms with Crippen LogP contribution >= 0.6 is 0 Å². The number of hydrogen-bond donors (Lipinski definition) is 2. The first-order valence-electron chi connectivity index (χ1n) is 6.39. The van der Waals surface area contributed by atoms with Gasteiger partial charge in [0.2, 0.25) is 0 Å². The van der Waals surface area contributed by atoms with Crippen molar-refractivity contribution in [2.24, 2.45) is 5.92 Å². The van der Waals surface area contributed by atoms with Gasteiger partial charge in [-0.2, -0.15) is 0 Å². The Morgan fingerprint density at radius 2 is 2.16 bits per heavy atom. The second-order valence-electron chi connectivity index (χ2n) is 4.43. The Balaban J connectivity index is 2.37. The van der Waals surface area contributed by atoms with Crippen molar-refractivity contribution >= 4 is 5.97 Å². The molecule has 0 aliphatic rings. The lowest BCUT2D eigenvalue weighted by Crippen LogP contribution is -2.43. The van der Waals surface area contributed by atoms with Crippen LogP contribution in [-0.2, 0) is 4.79 Å². The van der Waals surface area contributed by atoms with E-state index >= 15 is 0 Å². The largest absolute Gasteiger partial charge is 0.489 e. The van der Waals surface area contributed by atoms with E-state index in [2.05, 4.69) is 5.32 Å². The minimum Gasteiger partial charge on any atom is -0.489 e. The number of carbonyl (C=O) groups is 1. The third kappa shape index (κ3) is 4.87. The number of halogens is 1. The average Bonchev–Trinajstić information content (AvgIpc) is 2.39. The Kier molecular flexibility index (Phi) is 6.29. The molecule has 19 heavy (non-hydrogen) atoms. The highest BCUT2D eigenvalue weighted by atomic mass is 19.1. The predicted octanol–water partition coefficient (Wildman–Crippen LogP) is 2.29. The van der Waals surface area contributed by atoms with E-state index in [1.54, 1.807) is 18.2 Å². The van der Waals surface area contributed by atoms with Gasteiger partial charge in [0, 0.05) is 6.54 Å². The van der Waals surface area contributed by atoms with E-state index in [1.807, 2.05) is 13.8 Å². The summed E-state index contributed by atoms with van der Waals surface area (Å²) in [5.74, 6) is -1.08. The van der Waals surface area contributed by atoms with E-state index in [0.717, 1.165) is 6.42 Å². The number of carboxylic acids is 1. The highest BCUT2D eigenvalue weighted by molar-refractivity contribution is 5.73. The topological polar surface area (TPSA) is 58.6 Å². The molecule has 0 unspecified atom stereocenters. The quantitative estimate of drug-likeness (QED) is 0.711. The van der Waals surface area contributed by atoms with Gasteiger partial charge in [0.1, 0.15) is 12.6 Å². The molecule has 2 N–H and O–H groups in total. The summed E-state index contributed by atoms with van der Waals surface area (Å²) in [6.45, 7) is 4.40. The van der Waals surface area contributed by atoms with Gasteiger partial charge in [-0.3, -0.25) is 4.79 Å². The van der Waals surface area contributed by atoms with E-state index in [-0.39, 0.29) is 18.3 Å². The van der Waals surface area contributed by atoms with Gasteiger partial charge >= 0.3 is 5.97 Å². The fourth-order valence-corrected chi connectivity index (χ4v) is 1.70. The normalized spacial score (nSPS) is 13.8. The first-order chi connectivity index (χ1) is 9.06. The Morgan fingerprint density at radius 1 is 1.47 bits per heavy atom. The molecule has 0 fully saturated rings. The van der Waals surface area contributed by atoms with Crippen molar-refractivity contribution < 1.29 is 19.0 Å². The molecule has 0 spiro atoms. The molecule has 0 aromatic heterocycles. The smallest absolute Gasteiger partial charge is 0.320 e. The SMILES string of the molecule is CC[C@H](C)[C@H](NCCOc1ccccc1F)C(=O)O. The van der Waals surface area contributed by atoms with Crippen molar-refractivity contribution in [1.29, 1.82) is 0 Å². The molecule has 106 valence electrons. The number of ether oxygens (including phenoxy) is 1. The maximum atomic E-state index is 13.2. The highest BCUT2D eigenvalue weighted by Crippen LogP contribution is 2.15. The summed E-state index contributed by atoms with van der Waals surface area (Å²) in [7, 11) is 0. The number of para-hydroxylation sites is 1. The number of benzene rings is 1. The van der Waals surface area contributed by atoms with E-state index in [1.165, 1.54) is 6.07 Å². The van der Waals surface area contributed by atoms with Crippen molar-refractivity contribution in [1.82, 2.24) is 5.32 Å². The first-order valence-corrected chi connectivity index (χ1v) is 6.39. The maximum Gasteiger partial charge on any atom is 0.320 e. The molecular formula is C14H20FNO3. The summed E-state index contributed by atoms with van der Waals surface area (Å²) in [6, 6.07) is 5.53. The number of aliphatic carboxylic acids is 1. The highest BCUT2D eigenvalue weighted by Gasteiger charge is 2.22. The van der Waals surface area contributed by atoms with Crippen LogP contribution in [0.4, 0.5) is 4.39 Å². The minimum absolute atomic E-state index is 0.0333. The molecule has 5 heteroatoms. The standard InChI is InChI=1S/C14H20FNO3/c1-3-10(2)13(14(17)18)16-8-9-19-12-7-5-4-6-11(12)15/h4-7,10,13,16H,3,8-9H2,1-2H3,(H,17,18)/t10-,13-/m0/s1. The Bertz CT molecular complexity index is 411. The molecule has 0 heterocycles. The molecule has 0 saturated heterocycles. The maximum absolute atomic E-state index is 13.2. The molecule has 0 bridgehead atoms. The van der Waals surface area contributed by atoms with Gasteiger partial charge in [0.15, 0.2) is 11.6 Å². The molecule has 0 saturated carbocycles. The Labute approximate surface area is 112 Å². The van der Waals surface area contributed by atoms with Gasteiger partial charge in [-0.15, -0.1) is 0 Å². The molecule has 4 nitrogen and oxygen atoms in total. The third-order valence-corrected chi connectivity index (χ3v) is 3.04. The minimum atomic E-state index is -0.875. The third-order valence-electron chi connectivity index (χ3n) is 3.04. The lowest BCUT2D eigenvalue weighted by Gasteiger charge is -2.20. The monoisotopic (exact) mass is 269 g/mol. The van der Waals surface area contributed by atoms with Crippen molar-refractivity contribution in [3.63, 3.8) is 0 Å². The Hall–Kier alpha value is -1.62. The van der Waals surface area contributed by atoms with Crippen molar-refractivity contribution in [2.45, 2.75) is 26.3 Å². The van der Waals surface area contributed by atoms with Crippen LogP contribution in [0, 0.1) is 11.7 Å². The van der Waals surface area contributed by atoms with Crippen LogP contribution in [0.3, 0.4) is 0 Å². The van der Waals surface area contributed by atoms with Crippen molar-refractivity contribution in [3.05, 3.63) is 30.1 Å². The summed E-state index contributed by atoms with van der Waals surface area (Å²) < 4.78 is 18.5. The van der Waals surface area contributed by atoms with Gasteiger partial charge in [-0.25, -0.2) is 4.39 Å². The number of rotatable bonds is 8. The molecule has 0 amide bonds. The lowest BCUT2D eigenvalue weighted by atomic mass is 9.99. The van der Waals surface area contributed by atoms with Crippen LogP contribution in [0.2, 0.25) is 0 Å². The molecule has 2 atom stereocenters. The number of nitrogens with one attached hydrogen (secondary N) is 1. The van der Waals surface area contributed by atoms with E-state index in [4.69, 9.17) is 9.84 Å². The van der Waals surface area contributed by atoms with Crippen LogP contribution in [0.1, 0.15) is 20.3 Å². The zero-order valence-corrected chi connectivity index (χ0v) is 11.2.